The van der Waals surface area contributed by atoms with Crippen molar-refractivity contribution in [3.05, 3.63) is 59.1 Å². The van der Waals surface area contributed by atoms with Crippen LogP contribution in [0.3, 0.4) is 0 Å². The fraction of sp³-hybridized carbons (Fsp3) is 0.188. The largest absolute Gasteiger partial charge is 0.492 e. The van der Waals surface area contributed by atoms with Crippen LogP contribution in [0.2, 0.25) is 5.02 Å². The van der Waals surface area contributed by atoms with Gasteiger partial charge in [0.1, 0.15) is 12.4 Å². The Kier molecular flexibility index (Phi) is 3.82. The Labute approximate surface area is 127 Å². The maximum absolute atomic E-state index is 12.1. The van der Waals surface area contributed by atoms with Gasteiger partial charge in [-0.1, -0.05) is 29.8 Å². The molecule has 1 N–H and O–H groups in total. The third-order valence-electron chi connectivity index (χ3n) is 3.42. The van der Waals surface area contributed by atoms with Crippen LogP contribution in [0.5, 0.6) is 5.75 Å². The second kappa shape index (κ2) is 5.76. The van der Waals surface area contributed by atoms with Gasteiger partial charge in [-0.25, -0.2) is 0 Å². The Balaban J connectivity index is 1.66. The quantitative estimate of drug-likeness (QED) is 0.945. The first-order valence-corrected chi connectivity index (χ1v) is 7.01. The summed E-state index contributed by atoms with van der Waals surface area (Å²) < 4.78 is 5.59. The highest BCUT2D eigenvalue weighted by molar-refractivity contribution is 6.30. The highest BCUT2D eigenvalue weighted by Crippen LogP contribution is 2.35. The number of halogens is 1. The normalized spacial score (nSPS) is 17.0. The lowest BCUT2D eigenvalue weighted by Gasteiger charge is -2.17. The van der Waals surface area contributed by atoms with Crippen molar-refractivity contribution in [1.29, 1.82) is 0 Å². The zero-order valence-electron chi connectivity index (χ0n) is 11.2. The summed E-state index contributed by atoms with van der Waals surface area (Å²) in [5.41, 5.74) is 1.39. The van der Waals surface area contributed by atoms with Crippen LogP contribution in [0.4, 0.5) is 5.69 Å². The van der Waals surface area contributed by atoms with Crippen LogP contribution < -0.4 is 9.64 Å². The summed E-state index contributed by atoms with van der Waals surface area (Å²) in [7, 11) is 0. The second-order valence-electron chi connectivity index (χ2n) is 4.75. The van der Waals surface area contributed by atoms with Crippen molar-refractivity contribution in [2.75, 3.05) is 18.1 Å². The molecule has 1 amide bonds. The molecular formula is C16H14ClNO3. The maximum Gasteiger partial charge on any atom is 0.260 e. The van der Waals surface area contributed by atoms with E-state index >= 15 is 0 Å². The van der Waals surface area contributed by atoms with E-state index in [0.717, 1.165) is 5.69 Å². The lowest BCUT2D eigenvalue weighted by molar-refractivity contribution is -0.125. The molecule has 0 bridgehead atoms. The predicted molar refractivity (Wildman–Crippen MR) is 80.7 cm³/mol. The molecule has 0 saturated heterocycles. The van der Waals surface area contributed by atoms with Gasteiger partial charge in [0.25, 0.3) is 5.91 Å². The number of para-hydroxylation sites is 1. The van der Waals surface area contributed by atoms with Gasteiger partial charge in [0, 0.05) is 10.6 Å². The van der Waals surface area contributed by atoms with Crippen LogP contribution in [0.15, 0.2) is 48.5 Å². The summed E-state index contributed by atoms with van der Waals surface area (Å²) in [4.78, 5) is 13.6. The number of nitrogens with zero attached hydrogens (tertiary/aromatic N) is 1. The van der Waals surface area contributed by atoms with E-state index in [1.54, 1.807) is 35.2 Å². The summed E-state index contributed by atoms with van der Waals surface area (Å²) >= 11 is 5.80. The number of hydrogen-bond donors (Lipinski definition) is 1. The lowest BCUT2D eigenvalue weighted by Crippen LogP contribution is -2.32. The number of benzene rings is 2. The second-order valence-corrected chi connectivity index (χ2v) is 5.19. The molecule has 0 saturated carbocycles. The monoisotopic (exact) mass is 303 g/mol. The molecule has 2 aromatic carbocycles. The summed E-state index contributed by atoms with van der Waals surface area (Å²) in [6, 6.07) is 14.3. The van der Waals surface area contributed by atoms with Crippen molar-refractivity contribution in [3.63, 3.8) is 0 Å². The molecule has 5 heteroatoms. The average molecular weight is 304 g/mol. The summed E-state index contributed by atoms with van der Waals surface area (Å²) in [6.07, 6.45) is -1.07. The van der Waals surface area contributed by atoms with Crippen LogP contribution in [-0.4, -0.2) is 24.2 Å². The average Bonchev–Trinajstić information content (AvgIpc) is 2.75. The van der Waals surface area contributed by atoms with Crippen LogP contribution >= 0.6 is 11.6 Å². The van der Waals surface area contributed by atoms with Gasteiger partial charge in [-0.05, 0) is 30.3 Å². The first-order chi connectivity index (χ1) is 10.2. The number of fused-ring (bicyclic) bond motifs is 1. The van der Waals surface area contributed by atoms with E-state index in [1.165, 1.54) is 0 Å². The number of ether oxygens (including phenoxy) is 1. The summed E-state index contributed by atoms with van der Waals surface area (Å²) in [6.45, 7) is 0.726. The van der Waals surface area contributed by atoms with Crippen LogP contribution in [0.25, 0.3) is 0 Å². The van der Waals surface area contributed by atoms with Gasteiger partial charge >= 0.3 is 0 Å². The topological polar surface area (TPSA) is 49.8 Å². The van der Waals surface area contributed by atoms with Crippen molar-refractivity contribution in [1.82, 2.24) is 0 Å². The lowest BCUT2D eigenvalue weighted by atomic mass is 10.1. The first-order valence-electron chi connectivity index (χ1n) is 6.63. The highest BCUT2D eigenvalue weighted by atomic mass is 35.5. The number of aliphatic hydroxyl groups is 1. The Hall–Kier alpha value is -2.04. The Morgan fingerprint density at radius 2 is 1.86 bits per heavy atom. The third-order valence-corrected chi connectivity index (χ3v) is 3.67. The van der Waals surface area contributed by atoms with E-state index in [-0.39, 0.29) is 5.91 Å². The first kappa shape index (κ1) is 13.9. The van der Waals surface area contributed by atoms with Gasteiger partial charge in [0.2, 0.25) is 0 Å². The minimum absolute atomic E-state index is 0.309. The molecule has 0 fully saturated rings. The van der Waals surface area contributed by atoms with Crippen molar-refractivity contribution in [2.45, 2.75) is 6.10 Å². The van der Waals surface area contributed by atoms with E-state index in [4.69, 9.17) is 16.3 Å². The maximum atomic E-state index is 12.1. The third kappa shape index (κ3) is 2.73. The highest BCUT2D eigenvalue weighted by Gasteiger charge is 2.35. The number of carbonyl (C=O) groups excluding carboxylic acids is 1. The molecular weight excluding hydrogens is 290 g/mol. The van der Waals surface area contributed by atoms with Gasteiger partial charge in [-0.15, -0.1) is 0 Å². The van der Waals surface area contributed by atoms with E-state index in [2.05, 4.69) is 0 Å². The molecule has 1 atom stereocenters. The molecule has 3 rings (SSSR count). The van der Waals surface area contributed by atoms with Crippen molar-refractivity contribution in [3.8, 4) is 5.75 Å². The number of anilines is 1. The van der Waals surface area contributed by atoms with Crippen molar-refractivity contribution < 1.29 is 14.6 Å². The van der Waals surface area contributed by atoms with Crippen LogP contribution in [0.1, 0.15) is 11.7 Å². The SMILES string of the molecule is O=C1[C@@H](O)c2ccccc2N1CCOc1ccc(Cl)cc1. The number of carbonyl (C=O) groups is 1. The minimum Gasteiger partial charge on any atom is -0.492 e. The minimum atomic E-state index is -1.07. The van der Waals surface area contributed by atoms with E-state index in [0.29, 0.717) is 29.5 Å². The molecule has 0 aliphatic carbocycles. The smallest absolute Gasteiger partial charge is 0.260 e. The molecule has 4 nitrogen and oxygen atoms in total. The van der Waals surface area contributed by atoms with Gasteiger partial charge in [-0.3, -0.25) is 4.79 Å². The fourth-order valence-corrected chi connectivity index (χ4v) is 2.51. The van der Waals surface area contributed by atoms with Gasteiger partial charge in [0.05, 0.1) is 12.2 Å². The molecule has 0 unspecified atom stereocenters. The Morgan fingerprint density at radius 1 is 1.14 bits per heavy atom. The van der Waals surface area contributed by atoms with Crippen LogP contribution in [-0.2, 0) is 4.79 Å². The Bertz CT molecular complexity index is 657. The van der Waals surface area contributed by atoms with Gasteiger partial charge in [0.15, 0.2) is 6.10 Å². The molecule has 0 spiro atoms. The molecule has 2 aromatic rings. The zero-order chi connectivity index (χ0) is 14.8. The van der Waals surface area contributed by atoms with E-state index in [1.807, 2.05) is 18.2 Å². The number of amides is 1. The van der Waals surface area contributed by atoms with E-state index < -0.39 is 6.10 Å². The van der Waals surface area contributed by atoms with Gasteiger partial charge in [-0.2, -0.15) is 0 Å². The Morgan fingerprint density at radius 3 is 2.62 bits per heavy atom. The zero-order valence-corrected chi connectivity index (χ0v) is 12.0. The number of rotatable bonds is 4. The molecule has 21 heavy (non-hydrogen) atoms. The number of aliphatic hydroxyl groups excluding tert-OH is 1. The van der Waals surface area contributed by atoms with Gasteiger partial charge < -0.3 is 14.7 Å². The van der Waals surface area contributed by atoms with Crippen LogP contribution in [0, 0.1) is 0 Å². The molecule has 1 aliphatic heterocycles. The summed E-state index contributed by atoms with van der Waals surface area (Å²) in [5, 5.41) is 10.6. The van der Waals surface area contributed by atoms with E-state index in [9.17, 15) is 9.90 Å². The summed E-state index contributed by atoms with van der Waals surface area (Å²) in [5.74, 6) is 0.385. The predicted octanol–water partition coefficient (Wildman–Crippen LogP) is 2.80. The van der Waals surface area contributed by atoms with Crippen molar-refractivity contribution in [2.24, 2.45) is 0 Å². The fourth-order valence-electron chi connectivity index (χ4n) is 2.38. The molecule has 1 aliphatic rings. The molecule has 1 heterocycles. The molecule has 0 aromatic heterocycles. The number of hydrogen-bond acceptors (Lipinski definition) is 3. The van der Waals surface area contributed by atoms with Crippen molar-refractivity contribution >= 4 is 23.2 Å². The molecule has 0 radical (unpaired) electrons. The standard InChI is InChI=1S/C16H14ClNO3/c17-11-5-7-12(8-6-11)21-10-9-18-14-4-2-1-3-13(14)15(19)16(18)20/h1-8,15,19H,9-10H2/t15-/m0/s1. The molecule has 108 valence electrons.